The highest BCUT2D eigenvalue weighted by Gasteiger charge is 2.16. The zero-order chi connectivity index (χ0) is 47.7. The van der Waals surface area contributed by atoms with Gasteiger partial charge in [0.25, 0.3) is 0 Å². The fourth-order valence-corrected chi connectivity index (χ4v) is 7.48. The molecule has 0 unspecified atom stereocenters. The molecule has 0 aliphatic rings. The molecule has 0 spiro atoms. The van der Waals surface area contributed by atoms with Gasteiger partial charge in [0.15, 0.2) is 0 Å². The van der Waals surface area contributed by atoms with E-state index >= 15 is 0 Å². The van der Waals surface area contributed by atoms with Crippen molar-refractivity contribution in [3.63, 3.8) is 0 Å². The van der Waals surface area contributed by atoms with E-state index in [4.69, 9.17) is 14.2 Å². The summed E-state index contributed by atoms with van der Waals surface area (Å²) < 4.78 is 17.4. The van der Waals surface area contributed by atoms with E-state index in [-0.39, 0.29) is 25.2 Å². The molecular weight excluding hydrogens is 813 g/mol. The van der Waals surface area contributed by atoms with E-state index in [9.17, 15) is 9.59 Å². The van der Waals surface area contributed by atoms with Crippen LogP contribution in [0.3, 0.4) is 0 Å². The van der Waals surface area contributed by atoms with Gasteiger partial charge >= 0.3 is 11.9 Å². The first-order valence-corrected chi connectivity index (χ1v) is 27.8. The van der Waals surface area contributed by atoms with Gasteiger partial charge in [-0.15, -0.1) is 0 Å². The van der Waals surface area contributed by atoms with E-state index in [1.165, 1.54) is 128 Å². The van der Waals surface area contributed by atoms with Gasteiger partial charge in [-0.25, -0.2) is 0 Å². The Hall–Kier alpha value is -3.18. The number of carbonyl (C=O) groups excluding carboxylic acids is 2. The van der Waals surface area contributed by atoms with Crippen LogP contribution in [-0.2, 0) is 23.8 Å². The summed E-state index contributed by atoms with van der Waals surface area (Å²) in [5.74, 6) is -0.442. The maximum Gasteiger partial charge on any atom is 0.306 e. The van der Waals surface area contributed by atoms with Crippen molar-refractivity contribution < 1.29 is 23.8 Å². The van der Waals surface area contributed by atoms with E-state index < -0.39 is 6.10 Å². The monoisotopic (exact) mass is 917 g/mol. The van der Waals surface area contributed by atoms with Crippen LogP contribution in [-0.4, -0.2) is 37.9 Å². The molecule has 0 bridgehead atoms. The normalized spacial score (nSPS) is 13.0. The third kappa shape index (κ3) is 53.4. The van der Waals surface area contributed by atoms with Gasteiger partial charge in [-0.3, -0.25) is 9.59 Å². The lowest BCUT2D eigenvalue weighted by Crippen LogP contribution is -2.29. The molecule has 0 aliphatic carbocycles. The van der Waals surface area contributed by atoms with E-state index in [2.05, 4.69) is 112 Å². The molecule has 0 saturated carbocycles. The summed E-state index contributed by atoms with van der Waals surface area (Å²) in [6.07, 6.45) is 76.0. The van der Waals surface area contributed by atoms with Crippen molar-refractivity contribution in [2.24, 2.45) is 0 Å². The third-order valence-electron chi connectivity index (χ3n) is 11.7. The first-order chi connectivity index (χ1) is 32.6. The predicted octanol–water partition coefficient (Wildman–Crippen LogP) is 19.0. The van der Waals surface area contributed by atoms with Crippen molar-refractivity contribution in [3.05, 3.63) is 97.2 Å². The maximum atomic E-state index is 12.6. The minimum atomic E-state index is -0.440. The Kier molecular flexibility index (Phi) is 53.4. The molecule has 5 heteroatoms. The molecule has 0 amide bonds. The summed E-state index contributed by atoms with van der Waals surface area (Å²) in [6.45, 7) is 7.50. The van der Waals surface area contributed by atoms with Crippen LogP contribution in [0.25, 0.3) is 0 Å². The highest BCUT2D eigenvalue weighted by Crippen LogP contribution is 2.15. The Balaban J connectivity index is 4.40. The second-order valence-corrected chi connectivity index (χ2v) is 18.1. The van der Waals surface area contributed by atoms with Gasteiger partial charge in [-0.2, -0.15) is 0 Å². The van der Waals surface area contributed by atoms with Crippen molar-refractivity contribution in [2.45, 2.75) is 258 Å². The van der Waals surface area contributed by atoms with Crippen molar-refractivity contribution in [2.75, 3.05) is 19.8 Å². The Morgan fingerprint density at radius 3 is 1.09 bits per heavy atom. The summed E-state index contributed by atoms with van der Waals surface area (Å²) in [5, 5.41) is 0. The molecule has 0 aromatic rings. The maximum absolute atomic E-state index is 12.6. The molecule has 378 valence electrons. The number of allylic oxidation sites excluding steroid dienone is 16. The summed E-state index contributed by atoms with van der Waals surface area (Å²) in [5.41, 5.74) is 0. The Morgan fingerprint density at radius 1 is 0.333 bits per heavy atom. The molecule has 0 aromatic heterocycles. The first kappa shape index (κ1) is 62.8. The highest BCUT2D eigenvalue weighted by molar-refractivity contribution is 5.70. The summed E-state index contributed by atoms with van der Waals surface area (Å²) in [7, 11) is 0. The smallest absolute Gasteiger partial charge is 0.306 e. The van der Waals surface area contributed by atoms with Gasteiger partial charge in [-0.1, -0.05) is 246 Å². The Bertz CT molecular complexity index is 1270. The molecule has 5 nitrogen and oxygen atoms in total. The Morgan fingerprint density at radius 2 is 0.652 bits per heavy atom. The SMILES string of the molecule is CC/C=C\C/C=C\C/C=C\C/C=C\C/C=C\C/C=C\CCC(=O)OC[C@H](COC(=O)CCCCCCC/C=C\C/C=C\CCCCC)OCCCCCCCCCCCCCCCCCC. The Labute approximate surface area is 409 Å². The molecule has 0 aromatic carbocycles. The molecule has 1 atom stereocenters. The summed E-state index contributed by atoms with van der Waals surface area (Å²) in [4.78, 5) is 25.2. The van der Waals surface area contributed by atoms with E-state index in [0.717, 1.165) is 83.5 Å². The summed E-state index contributed by atoms with van der Waals surface area (Å²) >= 11 is 0. The van der Waals surface area contributed by atoms with Crippen LogP contribution in [0.15, 0.2) is 97.2 Å². The van der Waals surface area contributed by atoms with Crippen LogP contribution < -0.4 is 0 Å². The largest absolute Gasteiger partial charge is 0.463 e. The van der Waals surface area contributed by atoms with Gasteiger partial charge in [0.1, 0.15) is 19.3 Å². The van der Waals surface area contributed by atoms with Crippen LogP contribution in [0.4, 0.5) is 0 Å². The molecule has 0 fully saturated rings. The number of esters is 2. The number of rotatable bonds is 50. The first-order valence-electron chi connectivity index (χ1n) is 27.8. The number of carbonyl (C=O) groups is 2. The molecule has 0 heterocycles. The van der Waals surface area contributed by atoms with Crippen LogP contribution in [0.5, 0.6) is 0 Å². The molecule has 0 N–H and O–H groups in total. The average molecular weight is 917 g/mol. The lowest BCUT2D eigenvalue weighted by atomic mass is 10.0. The molecule has 0 aliphatic heterocycles. The molecule has 0 saturated heterocycles. The van der Waals surface area contributed by atoms with Gasteiger partial charge < -0.3 is 14.2 Å². The van der Waals surface area contributed by atoms with E-state index in [0.29, 0.717) is 25.9 Å². The van der Waals surface area contributed by atoms with Crippen LogP contribution in [0.1, 0.15) is 252 Å². The number of ether oxygens (including phenoxy) is 3. The van der Waals surface area contributed by atoms with E-state index in [1.807, 2.05) is 6.08 Å². The molecule has 66 heavy (non-hydrogen) atoms. The fraction of sp³-hybridized carbons (Fsp3) is 0.705. The van der Waals surface area contributed by atoms with Crippen molar-refractivity contribution in [1.82, 2.24) is 0 Å². The van der Waals surface area contributed by atoms with Gasteiger partial charge in [0.2, 0.25) is 0 Å². The predicted molar refractivity (Wildman–Crippen MR) is 288 cm³/mol. The van der Waals surface area contributed by atoms with Crippen LogP contribution in [0.2, 0.25) is 0 Å². The topological polar surface area (TPSA) is 61.8 Å². The minimum absolute atomic E-state index is 0.110. The standard InChI is InChI=1S/C61H104O5/c1-4-7-10-13-16-19-22-25-28-30-31-32-34-37-40-43-46-49-52-55-61(63)66-58-59(64-56-53-50-47-44-41-38-35-29-26-23-20-17-14-11-8-5-2)57-65-60(62)54-51-48-45-42-39-36-33-27-24-21-18-15-12-9-6-3/h7,10,16,18-19,21,25,27-28,31-33,37,40,46,49,59H,4-6,8-9,11-15,17,20,22-24,26,29-30,34-36,38-39,41-45,47-48,50-58H2,1-3H3/b10-7-,19-16-,21-18-,28-25-,32-31-,33-27-,40-37-,49-46-/t59-/m0/s1. The van der Waals surface area contributed by atoms with Crippen LogP contribution >= 0.6 is 0 Å². The van der Waals surface area contributed by atoms with Gasteiger partial charge in [0, 0.05) is 19.4 Å². The third-order valence-corrected chi connectivity index (χ3v) is 11.7. The van der Waals surface area contributed by atoms with Crippen molar-refractivity contribution in [1.29, 1.82) is 0 Å². The summed E-state index contributed by atoms with van der Waals surface area (Å²) in [6, 6.07) is 0. The quantitative estimate of drug-likeness (QED) is 0.0346. The van der Waals surface area contributed by atoms with Crippen molar-refractivity contribution >= 4 is 11.9 Å². The number of hydrogen-bond acceptors (Lipinski definition) is 5. The average Bonchev–Trinajstić information content (AvgIpc) is 3.32. The molecule has 0 rings (SSSR count). The molecule has 0 radical (unpaired) electrons. The zero-order valence-electron chi connectivity index (χ0n) is 43.4. The van der Waals surface area contributed by atoms with Crippen LogP contribution in [0, 0.1) is 0 Å². The lowest BCUT2D eigenvalue weighted by molar-refractivity contribution is -0.155. The second-order valence-electron chi connectivity index (χ2n) is 18.1. The van der Waals surface area contributed by atoms with Crippen molar-refractivity contribution in [3.8, 4) is 0 Å². The van der Waals surface area contributed by atoms with E-state index in [1.54, 1.807) is 0 Å². The van der Waals surface area contributed by atoms with Gasteiger partial charge in [-0.05, 0) is 89.9 Å². The highest BCUT2D eigenvalue weighted by atomic mass is 16.6. The number of hydrogen-bond donors (Lipinski definition) is 0. The second kappa shape index (κ2) is 56.1. The molecular formula is C61H104O5. The fourth-order valence-electron chi connectivity index (χ4n) is 7.48. The zero-order valence-corrected chi connectivity index (χ0v) is 43.4. The number of unbranched alkanes of at least 4 members (excludes halogenated alkanes) is 23. The lowest BCUT2D eigenvalue weighted by Gasteiger charge is -2.18. The van der Waals surface area contributed by atoms with Gasteiger partial charge in [0.05, 0.1) is 0 Å². The minimum Gasteiger partial charge on any atom is -0.463 e.